The van der Waals surface area contributed by atoms with Crippen LogP contribution in [0.15, 0.2) is 0 Å². The number of carboxylic acid groups (broad SMARTS) is 1. The molecule has 348 valence electrons. The van der Waals surface area contributed by atoms with Crippen LogP contribution in [-0.4, -0.2) is 159 Å². The van der Waals surface area contributed by atoms with Crippen molar-refractivity contribution >= 4 is 53.2 Å². The van der Waals surface area contributed by atoms with Gasteiger partial charge in [-0.15, -0.1) is 0 Å². The van der Waals surface area contributed by atoms with E-state index in [1.54, 1.807) is 41.5 Å². The highest BCUT2D eigenvalue weighted by Gasteiger charge is 2.40. The minimum atomic E-state index is -1.63. The van der Waals surface area contributed by atoms with Crippen molar-refractivity contribution in [1.82, 2.24) is 42.1 Å². The first kappa shape index (κ1) is 54.1. The number of carbonyl (C=O) groups excluding carboxylic acids is 8. The Morgan fingerprint density at radius 2 is 1.00 bits per heavy atom. The molecule has 1 aliphatic heterocycles. The van der Waals surface area contributed by atoms with Crippen molar-refractivity contribution in [3.8, 4) is 0 Å². The highest BCUT2D eigenvalue weighted by atomic mass is 16.4. The Bertz CT molecular complexity index is 1540. The molecule has 1 saturated heterocycles. The van der Waals surface area contributed by atoms with Gasteiger partial charge in [0.2, 0.25) is 47.3 Å². The van der Waals surface area contributed by atoms with Gasteiger partial charge in [0.15, 0.2) is 0 Å². The van der Waals surface area contributed by atoms with E-state index in [1.807, 2.05) is 13.8 Å². The number of likely N-dealkylation sites (tertiary alicyclic amines) is 1. The number of carbonyl (C=O) groups is 9. The molecular weight excluding hydrogens is 802 g/mol. The van der Waals surface area contributed by atoms with Crippen LogP contribution in [0.3, 0.4) is 0 Å². The maximum absolute atomic E-state index is 13.5. The van der Waals surface area contributed by atoms with Crippen molar-refractivity contribution in [2.24, 2.45) is 29.4 Å². The molecule has 0 aromatic rings. The van der Waals surface area contributed by atoms with Gasteiger partial charge in [-0.3, -0.25) is 38.4 Å². The van der Waals surface area contributed by atoms with Crippen molar-refractivity contribution in [3.05, 3.63) is 0 Å². The molecule has 0 radical (unpaired) electrons. The summed E-state index contributed by atoms with van der Waals surface area (Å²) in [4.78, 5) is 118. The van der Waals surface area contributed by atoms with Gasteiger partial charge in [-0.05, 0) is 56.3 Å². The first-order chi connectivity index (χ1) is 28.4. The topological polar surface area (TPSA) is 348 Å². The third kappa shape index (κ3) is 17.2. The fraction of sp³-hybridized carbons (Fsp3) is 0.769. The number of nitrogens with one attached hydrogen (secondary N) is 7. The molecule has 1 heterocycles. The minimum absolute atomic E-state index is 0.0665. The summed E-state index contributed by atoms with van der Waals surface area (Å²) in [5.74, 6) is -9.06. The van der Waals surface area contributed by atoms with Crippen molar-refractivity contribution < 1.29 is 63.6 Å². The van der Waals surface area contributed by atoms with E-state index in [9.17, 15) is 63.6 Å². The van der Waals surface area contributed by atoms with Crippen LogP contribution in [0, 0.1) is 23.7 Å². The number of aliphatic carboxylic acids is 1. The number of nitrogens with zero attached hydrogens (tertiary/aromatic N) is 1. The molecule has 1 fully saturated rings. The molecule has 9 atom stereocenters. The zero-order valence-electron chi connectivity index (χ0n) is 36.7. The summed E-state index contributed by atoms with van der Waals surface area (Å²) in [6.07, 6.45) is 1.09. The van der Waals surface area contributed by atoms with E-state index in [0.717, 1.165) is 0 Å². The normalized spacial score (nSPS) is 17.9. The van der Waals surface area contributed by atoms with Crippen molar-refractivity contribution in [3.63, 3.8) is 0 Å². The summed E-state index contributed by atoms with van der Waals surface area (Å²) in [6.45, 7) is 12.4. The second kappa shape index (κ2) is 25.8. The number of carboxylic acids is 1. The van der Waals surface area contributed by atoms with Gasteiger partial charge in [-0.2, -0.15) is 0 Å². The molecule has 22 heteroatoms. The molecule has 8 amide bonds. The van der Waals surface area contributed by atoms with Crippen molar-refractivity contribution in [2.45, 2.75) is 142 Å². The maximum Gasteiger partial charge on any atom is 0.326 e. The summed E-state index contributed by atoms with van der Waals surface area (Å²) in [6, 6.07) is -11.7. The van der Waals surface area contributed by atoms with Gasteiger partial charge < -0.3 is 68.3 Å². The van der Waals surface area contributed by atoms with Gasteiger partial charge in [0.05, 0.1) is 25.9 Å². The van der Waals surface area contributed by atoms with E-state index < -0.39 is 139 Å². The monoisotopic (exact) mass is 872 g/mol. The number of rotatable bonds is 25. The molecule has 61 heavy (non-hydrogen) atoms. The Hall–Kier alpha value is -4.93. The number of aliphatic hydroxyl groups excluding tert-OH is 3. The van der Waals surface area contributed by atoms with Crippen LogP contribution in [0.4, 0.5) is 0 Å². The zero-order chi connectivity index (χ0) is 46.9. The molecule has 0 saturated carbocycles. The lowest BCUT2D eigenvalue weighted by Gasteiger charge is -2.31. The Kier molecular flexibility index (Phi) is 22.8. The van der Waals surface area contributed by atoms with Gasteiger partial charge >= 0.3 is 5.97 Å². The first-order valence-electron chi connectivity index (χ1n) is 20.6. The van der Waals surface area contributed by atoms with Crippen LogP contribution in [-0.2, 0) is 43.2 Å². The molecule has 1 aliphatic rings. The highest BCUT2D eigenvalue weighted by Crippen LogP contribution is 2.20. The second-order valence-electron chi connectivity index (χ2n) is 16.9. The van der Waals surface area contributed by atoms with E-state index in [-0.39, 0.29) is 31.2 Å². The maximum atomic E-state index is 13.5. The molecule has 0 bridgehead atoms. The Morgan fingerprint density at radius 1 is 0.557 bits per heavy atom. The van der Waals surface area contributed by atoms with Gasteiger partial charge in [0.25, 0.3) is 0 Å². The molecule has 0 aromatic carbocycles. The highest BCUT2D eigenvalue weighted by molar-refractivity contribution is 5.98. The third-order valence-electron chi connectivity index (χ3n) is 9.90. The molecule has 13 N–H and O–H groups in total. The average molecular weight is 872 g/mol. The van der Waals surface area contributed by atoms with Crippen LogP contribution in [0.2, 0.25) is 0 Å². The number of aliphatic hydroxyl groups is 3. The molecule has 1 rings (SSSR count). The fourth-order valence-electron chi connectivity index (χ4n) is 6.44. The van der Waals surface area contributed by atoms with Crippen LogP contribution >= 0.6 is 0 Å². The first-order valence-corrected chi connectivity index (χ1v) is 20.6. The Balaban J connectivity index is 2.96. The molecule has 0 aromatic heterocycles. The smallest absolute Gasteiger partial charge is 0.326 e. The Morgan fingerprint density at radius 3 is 1.46 bits per heavy atom. The van der Waals surface area contributed by atoms with Crippen LogP contribution < -0.4 is 43.0 Å². The predicted octanol–water partition coefficient (Wildman–Crippen LogP) is -3.82. The van der Waals surface area contributed by atoms with Crippen LogP contribution in [0.5, 0.6) is 0 Å². The third-order valence-corrected chi connectivity index (χ3v) is 9.90. The van der Waals surface area contributed by atoms with E-state index >= 15 is 0 Å². The number of amides is 8. The molecular formula is C39H69N9O13. The second-order valence-corrected chi connectivity index (χ2v) is 16.9. The summed E-state index contributed by atoms with van der Waals surface area (Å²) >= 11 is 0. The van der Waals surface area contributed by atoms with Gasteiger partial charge in [-0.1, -0.05) is 55.4 Å². The molecule has 0 spiro atoms. The van der Waals surface area contributed by atoms with E-state index in [4.69, 9.17) is 5.73 Å². The largest absolute Gasteiger partial charge is 0.480 e. The molecule has 0 aliphatic carbocycles. The zero-order valence-corrected chi connectivity index (χ0v) is 36.7. The SMILES string of the molecule is CC(C)C[C@H](NC(=O)[C@@H](NC(=O)[C@H](CO)NC(=O)[C@H](C)NC(=O)[C@H](CO)NC(=O)[C@@H](NC(=O)[C@@H]1CCCN1C(=O)[C@H](CO)NC(=O)[C@@H](N)CC(C)C)C(C)C)C(C)C)C(=O)O. The van der Waals surface area contributed by atoms with Crippen LogP contribution in [0.1, 0.15) is 88.0 Å². The number of nitrogens with two attached hydrogens (primary N) is 1. The lowest BCUT2D eigenvalue weighted by Crippen LogP contribution is -2.61. The quantitative estimate of drug-likeness (QED) is 0.0419. The summed E-state index contributed by atoms with van der Waals surface area (Å²) in [5, 5.41) is 56.1. The van der Waals surface area contributed by atoms with E-state index in [2.05, 4.69) is 37.2 Å². The van der Waals surface area contributed by atoms with Crippen molar-refractivity contribution in [2.75, 3.05) is 26.4 Å². The number of hydrogen-bond acceptors (Lipinski definition) is 13. The van der Waals surface area contributed by atoms with E-state index in [0.29, 0.717) is 12.8 Å². The number of hydrogen-bond donors (Lipinski definition) is 12. The molecule has 0 unspecified atom stereocenters. The summed E-state index contributed by atoms with van der Waals surface area (Å²) < 4.78 is 0. The van der Waals surface area contributed by atoms with Gasteiger partial charge in [-0.25, -0.2) is 4.79 Å². The van der Waals surface area contributed by atoms with Crippen molar-refractivity contribution in [1.29, 1.82) is 0 Å². The van der Waals surface area contributed by atoms with E-state index in [1.165, 1.54) is 11.8 Å². The van der Waals surface area contributed by atoms with Gasteiger partial charge in [0.1, 0.15) is 48.3 Å². The predicted molar refractivity (Wildman–Crippen MR) is 219 cm³/mol. The van der Waals surface area contributed by atoms with Crippen LogP contribution in [0.25, 0.3) is 0 Å². The lowest BCUT2D eigenvalue weighted by atomic mass is 10.00. The summed E-state index contributed by atoms with van der Waals surface area (Å²) in [7, 11) is 0. The summed E-state index contributed by atoms with van der Waals surface area (Å²) in [5.41, 5.74) is 5.92. The fourth-order valence-corrected chi connectivity index (χ4v) is 6.44. The minimum Gasteiger partial charge on any atom is -0.480 e. The van der Waals surface area contributed by atoms with Gasteiger partial charge in [0, 0.05) is 6.54 Å². The molecule has 22 nitrogen and oxygen atoms in total. The lowest BCUT2D eigenvalue weighted by molar-refractivity contribution is -0.143. The Labute approximate surface area is 356 Å². The average Bonchev–Trinajstić information content (AvgIpc) is 3.67. The standard InChI is InChI=1S/C39H69N9O13/c1-18(2)13-23(40)32(53)45-27(17-51)38(59)48-12-10-11-28(48)35(56)47-30(21(7)8)37(58)44-25(15-49)33(54)41-22(9)31(52)43-26(16-50)34(55)46-29(20(5)6)36(57)42-24(39(60)61)14-19(3)4/h18-30,49-51H,10-17,40H2,1-9H3,(H,41,54)(H,42,57)(H,43,52)(H,44,58)(H,45,53)(H,46,55)(H,47,56)(H,60,61)/t22-,23-,24-,25-,26-,27-,28-,29-,30-/m0/s1.